The fourth-order valence-corrected chi connectivity index (χ4v) is 5.54. The quantitative estimate of drug-likeness (QED) is 0.399. The highest BCUT2D eigenvalue weighted by Gasteiger charge is 2.26. The summed E-state index contributed by atoms with van der Waals surface area (Å²) >= 11 is 11.4. The Kier molecular flexibility index (Phi) is 2.84. The van der Waals surface area contributed by atoms with Crippen LogP contribution in [-0.4, -0.2) is 0 Å². The van der Waals surface area contributed by atoms with Gasteiger partial charge in [0.1, 0.15) is 0 Å². The molecule has 3 aromatic rings. The lowest BCUT2D eigenvalue weighted by atomic mass is 10.2. The van der Waals surface area contributed by atoms with Crippen LogP contribution in [0.4, 0.5) is 17.1 Å². The van der Waals surface area contributed by atoms with Crippen LogP contribution in [0.2, 0.25) is 5.02 Å². The second kappa shape index (κ2) is 4.56. The minimum Gasteiger partial charge on any atom is -0.306 e. The number of hydrogen-bond donors (Lipinski definition) is 0. The normalized spacial score (nSPS) is 13.2. The van der Waals surface area contributed by atoms with E-state index in [4.69, 9.17) is 11.6 Å². The summed E-state index contributed by atoms with van der Waals surface area (Å²) in [6.07, 6.45) is 0. The lowest BCUT2D eigenvalue weighted by molar-refractivity contribution is 1.23. The van der Waals surface area contributed by atoms with Crippen LogP contribution in [0.3, 0.4) is 0 Å². The van der Waals surface area contributed by atoms with Crippen LogP contribution in [0.5, 0.6) is 0 Å². The van der Waals surface area contributed by atoms with Crippen molar-refractivity contribution in [3.8, 4) is 0 Å². The Balaban J connectivity index is 1.92. The van der Waals surface area contributed by atoms with Crippen LogP contribution in [0, 0.1) is 0 Å². The van der Waals surface area contributed by atoms with Gasteiger partial charge in [-0.15, -0.1) is 22.7 Å². The maximum Gasteiger partial charge on any atom is 0.0896 e. The van der Waals surface area contributed by atoms with Gasteiger partial charge in [0, 0.05) is 10.7 Å². The first kappa shape index (κ1) is 11.9. The highest BCUT2D eigenvalue weighted by molar-refractivity contribution is 8.03. The number of halogens is 1. The summed E-state index contributed by atoms with van der Waals surface area (Å²) in [5, 5.41) is 5.07. The highest BCUT2D eigenvalue weighted by Crippen LogP contribution is 2.55. The van der Waals surface area contributed by atoms with Gasteiger partial charge in [0.25, 0.3) is 0 Å². The number of thiophene rings is 2. The van der Waals surface area contributed by atoms with Crippen molar-refractivity contribution in [3.63, 3.8) is 0 Å². The van der Waals surface area contributed by atoms with E-state index in [1.54, 1.807) is 22.7 Å². The molecule has 1 aromatic carbocycles. The summed E-state index contributed by atoms with van der Waals surface area (Å²) in [4.78, 5) is 2.31. The first-order valence-corrected chi connectivity index (χ1v) is 8.67. The number of fused-ring (bicyclic) bond motifs is 2. The molecule has 0 amide bonds. The minimum absolute atomic E-state index is 0.770. The van der Waals surface area contributed by atoms with Gasteiger partial charge in [-0.3, -0.25) is 0 Å². The molecule has 0 saturated heterocycles. The topological polar surface area (TPSA) is 3.24 Å². The Morgan fingerprint density at radius 1 is 0.789 bits per heavy atom. The summed E-state index contributed by atoms with van der Waals surface area (Å²) in [5.41, 5.74) is 3.69. The molecule has 1 aliphatic heterocycles. The van der Waals surface area contributed by atoms with Gasteiger partial charge >= 0.3 is 0 Å². The van der Waals surface area contributed by atoms with Gasteiger partial charge < -0.3 is 4.90 Å². The molecule has 0 aliphatic carbocycles. The molecule has 0 fully saturated rings. The predicted octanol–water partition coefficient (Wildman–Crippen LogP) is 6.40. The summed E-state index contributed by atoms with van der Waals surface area (Å²) in [5.74, 6) is 0. The molecule has 0 N–H and O–H groups in total. The van der Waals surface area contributed by atoms with E-state index < -0.39 is 0 Å². The van der Waals surface area contributed by atoms with Crippen molar-refractivity contribution in [1.82, 2.24) is 0 Å². The molecule has 0 spiro atoms. The Labute approximate surface area is 128 Å². The first-order valence-electron chi connectivity index (χ1n) is 5.71. The van der Waals surface area contributed by atoms with Gasteiger partial charge in [-0.1, -0.05) is 23.4 Å². The van der Waals surface area contributed by atoms with E-state index in [0.29, 0.717) is 0 Å². The minimum atomic E-state index is 0.770. The van der Waals surface area contributed by atoms with Crippen molar-refractivity contribution < 1.29 is 0 Å². The SMILES string of the molecule is Clc1ccc(N2c3ccsc3Sc3sccc32)cc1. The van der Waals surface area contributed by atoms with E-state index in [9.17, 15) is 0 Å². The van der Waals surface area contributed by atoms with Crippen LogP contribution < -0.4 is 4.90 Å². The number of hydrogen-bond acceptors (Lipinski definition) is 4. The van der Waals surface area contributed by atoms with Gasteiger partial charge in [-0.05, 0) is 47.2 Å². The molecule has 19 heavy (non-hydrogen) atoms. The largest absolute Gasteiger partial charge is 0.306 e. The zero-order chi connectivity index (χ0) is 12.8. The van der Waals surface area contributed by atoms with Crippen LogP contribution >= 0.6 is 46.0 Å². The molecule has 0 radical (unpaired) electrons. The van der Waals surface area contributed by atoms with E-state index in [0.717, 1.165) is 10.7 Å². The molecule has 1 aliphatic rings. The molecule has 2 aromatic heterocycles. The fraction of sp³-hybridized carbons (Fsp3) is 0. The lowest BCUT2D eigenvalue weighted by Crippen LogP contribution is -2.11. The summed E-state index contributed by atoms with van der Waals surface area (Å²) < 4.78 is 2.70. The molecule has 4 rings (SSSR count). The van der Waals surface area contributed by atoms with Crippen LogP contribution in [0.1, 0.15) is 0 Å². The van der Waals surface area contributed by atoms with Gasteiger partial charge in [-0.2, -0.15) is 0 Å². The van der Waals surface area contributed by atoms with Crippen molar-refractivity contribution in [3.05, 3.63) is 52.2 Å². The average molecular weight is 322 g/mol. The van der Waals surface area contributed by atoms with Crippen LogP contribution in [0.25, 0.3) is 0 Å². The van der Waals surface area contributed by atoms with E-state index >= 15 is 0 Å². The summed E-state index contributed by atoms with van der Waals surface area (Å²) in [6.45, 7) is 0. The smallest absolute Gasteiger partial charge is 0.0896 e. The second-order valence-electron chi connectivity index (χ2n) is 4.10. The predicted molar refractivity (Wildman–Crippen MR) is 86.0 cm³/mol. The molecule has 0 atom stereocenters. The molecular weight excluding hydrogens is 314 g/mol. The highest BCUT2D eigenvalue weighted by atomic mass is 35.5. The Bertz CT molecular complexity index is 689. The molecule has 3 heterocycles. The van der Waals surface area contributed by atoms with Gasteiger partial charge in [0.05, 0.1) is 19.8 Å². The molecule has 0 unspecified atom stereocenters. The molecular formula is C14H8ClNS3. The Morgan fingerprint density at radius 3 is 1.95 bits per heavy atom. The van der Waals surface area contributed by atoms with Crippen molar-refractivity contribution >= 4 is 63.1 Å². The van der Waals surface area contributed by atoms with E-state index in [-0.39, 0.29) is 0 Å². The number of rotatable bonds is 1. The fourth-order valence-electron chi connectivity index (χ4n) is 2.14. The van der Waals surface area contributed by atoms with Gasteiger partial charge in [-0.25, -0.2) is 0 Å². The van der Waals surface area contributed by atoms with Crippen LogP contribution in [0.15, 0.2) is 55.6 Å². The summed E-state index contributed by atoms with van der Waals surface area (Å²) in [6, 6.07) is 12.4. The molecule has 0 saturated carbocycles. The van der Waals surface area contributed by atoms with Crippen molar-refractivity contribution in [2.45, 2.75) is 8.42 Å². The number of anilines is 3. The van der Waals surface area contributed by atoms with E-state index in [1.807, 2.05) is 23.9 Å². The third-order valence-electron chi connectivity index (χ3n) is 2.97. The first-order chi connectivity index (χ1) is 9.33. The maximum absolute atomic E-state index is 5.99. The van der Waals surface area contributed by atoms with Gasteiger partial charge in [0.15, 0.2) is 0 Å². The van der Waals surface area contributed by atoms with E-state index in [1.165, 1.54) is 19.8 Å². The third kappa shape index (κ3) is 1.91. The number of benzene rings is 1. The van der Waals surface area contributed by atoms with E-state index in [2.05, 4.69) is 39.9 Å². The Morgan fingerprint density at radius 2 is 1.37 bits per heavy atom. The van der Waals surface area contributed by atoms with Crippen LogP contribution in [-0.2, 0) is 0 Å². The monoisotopic (exact) mass is 321 g/mol. The van der Waals surface area contributed by atoms with Gasteiger partial charge in [0.2, 0.25) is 0 Å². The molecule has 5 heteroatoms. The third-order valence-corrected chi connectivity index (χ3v) is 6.48. The van der Waals surface area contributed by atoms with Crippen molar-refractivity contribution in [2.75, 3.05) is 4.90 Å². The van der Waals surface area contributed by atoms with Crippen molar-refractivity contribution in [1.29, 1.82) is 0 Å². The molecule has 1 nitrogen and oxygen atoms in total. The maximum atomic E-state index is 5.99. The zero-order valence-corrected chi connectivity index (χ0v) is 12.9. The molecule has 0 bridgehead atoms. The lowest BCUT2D eigenvalue weighted by Gasteiger charge is -2.28. The second-order valence-corrected chi connectivity index (χ2v) is 7.91. The Hall–Kier alpha value is -0.940. The summed E-state index contributed by atoms with van der Waals surface area (Å²) in [7, 11) is 0. The average Bonchev–Trinajstić information content (AvgIpc) is 3.05. The standard InChI is InChI=1S/C14H8ClNS3/c15-9-1-3-10(4-2-9)16-11-5-7-17-13(11)19-14-12(16)6-8-18-14/h1-8H. The zero-order valence-electron chi connectivity index (χ0n) is 9.67. The molecule has 94 valence electrons. The number of nitrogens with zero attached hydrogens (tertiary/aromatic N) is 1. The van der Waals surface area contributed by atoms with Crippen molar-refractivity contribution in [2.24, 2.45) is 0 Å².